The Morgan fingerprint density at radius 2 is 1.88 bits per heavy atom. The summed E-state index contributed by atoms with van der Waals surface area (Å²) in [5, 5.41) is 38.7. The lowest BCUT2D eigenvalue weighted by Crippen LogP contribution is -2.07. The predicted octanol–water partition coefficient (Wildman–Crippen LogP) is 4.05. The molecule has 0 atom stereocenters. The summed E-state index contributed by atoms with van der Waals surface area (Å²) in [6.07, 6.45) is 1.14. The summed E-state index contributed by atoms with van der Waals surface area (Å²) in [5.74, 6) is -0.185. The summed E-state index contributed by atoms with van der Waals surface area (Å²) < 4.78 is 9.40. The smallest absolute Gasteiger partial charge is 0.373 e. The summed E-state index contributed by atoms with van der Waals surface area (Å²) in [6, 6.07) is 15.4. The molecule has 2 aromatic carbocycles. The minimum atomic E-state index is -0.648. The van der Waals surface area contributed by atoms with Gasteiger partial charge in [-0.1, -0.05) is 28.8 Å². The molecule has 0 amide bonds. The molecular weight excluding hydrogens is 444 g/mol. The Labute approximate surface area is 190 Å². The third-order valence-electron chi connectivity index (χ3n) is 4.49. The zero-order valence-electron chi connectivity index (χ0n) is 16.7. The van der Waals surface area contributed by atoms with Gasteiger partial charge in [0.1, 0.15) is 29.9 Å². The molecule has 160 valence electrons. The highest BCUT2D eigenvalue weighted by molar-refractivity contribution is 7.03. The van der Waals surface area contributed by atoms with Gasteiger partial charge in [0.2, 0.25) is 5.82 Å². The summed E-state index contributed by atoms with van der Waals surface area (Å²) in [7, 11) is 0. The van der Waals surface area contributed by atoms with Crippen molar-refractivity contribution >= 4 is 23.0 Å². The summed E-state index contributed by atoms with van der Waals surface area (Å²) in [4.78, 5) is 18.9. The van der Waals surface area contributed by atoms with Gasteiger partial charge in [-0.05, 0) is 35.3 Å². The lowest BCUT2D eigenvalue weighted by Gasteiger charge is -2.10. The van der Waals surface area contributed by atoms with Crippen molar-refractivity contribution in [3.8, 4) is 35.0 Å². The minimum Gasteiger partial charge on any atom is -0.433 e. The number of hydrogen-bond acceptors (Lipinski definition) is 11. The third kappa shape index (κ3) is 4.71. The molecule has 0 fully saturated rings. The van der Waals surface area contributed by atoms with E-state index >= 15 is 0 Å². The molecule has 4 aromatic rings. The second kappa shape index (κ2) is 9.47. The van der Waals surface area contributed by atoms with Crippen molar-refractivity contribution in [2.75, 3.05) is 5.32 Å². The molecule has 0 radical (unpaired) electrons. The highest BCUT2D eigenvalue weighted by atomic mass is 32.1. The molecule has 33 heavy (non-hydrogen) atoms. The van der Waals surface area contributed by atoms with Crippen molar-refractivity contribution in [2.24, 2.45) is 0 Å². The average molecular weight is 456 g/mol. The molecule has 0 unspecified atom stereocenters. The number of anilines is 1. The Kier molecular flexibility index (Phi) is 6.11. The normalized spacial score (nSPS) is 10.1. The van der Waals surface area contributed by atoms with Gasteiger partial charge in [-0.3, -0.25) is 10.1 Å². The van der Waals surface area contributed by atoms with Crippen LogP contribution in [0, 0.1) is 32.8 Å². The van der Waals surface area contributed by atoms with E-state index in [4.69, 9.17) is 15.3 Å². The van der Waals surface area contributed by atoms with Crippen molar-refractivity contribution in [3.05, 3.63) is 81.0 Å². The van der Waals surface area contributed by atoms with E-state index in [0.717, 1.165) is 23.1 Å². The Hall–Kier alpha value is -4.94. The van der Waals surface area contributed by atoms with E-state index in [2.05, 4.69) is 24.9 Å². The second-order valence-corrected chi connectivity index (χ2v) is 7.12. The van der Waals surface area contributed by atoms with Crippen molar-refractivity contribution in [2.45, 2.75) is 6.54 Å². The van der Waals surface area contributed by atoms with Gasteiger partial charge in [-0.2, -0.15) is 15.5 Å². The minimum absolute atomic E-state index is 0.0214. The van der Waals surface area contributed by atoms with Crippen LogP contribution >= 0.6 is 11.5 Å². The van der Waals surface area contributed by atoms with Crippen molar-refractivity contribution < 1.29 is 9.66 Å². The van der Waals surface area contributed by atoms with E-state index in [1.165, 1.54) is 29.7 Å². The van der Waals surface area contributed by atoms with Gasteiger partial charge >= 0.3 is 11.6 Å². The third-order valence-corrected chi connectivity index (χ3v) is 4.99. The average Bonchev–Trinajstić information content (AvgIpc) is 3.38. The Bertz CT molecular complexity index is 1390. The van der Waals surface area contributed by atoms with Crippen LogP contribution < -0.4 is 10.1 Å². The lowest BCUT2D eigenvalue weighted by atomic mass is 10.1. The molecule has 0 bridgehead atoms. The van der Waals surface area contributed by atoms with Crippen LogP contribution in [0.5, 0.6) is 11.6 Å². The van der Waals surface area contributed by atoms with Crippen LogP contribution in [0.3, 0.4) is 0 Å². The van der Waals surface area contributed by atoms with E-state index in [1.54, 1.807) is 0 Å². The molecule has 12 heteroatoms. The van der Waals surface area contributed by atoms with Gasteiger partial charge in [-0.25, -0.2) is 4.98 Å². The van der Waals surface area contributed by atoms with Gasteiger partial charge in [0.15, 0.2) is 0 Å². The molecule has 0 aliphatic heterocycles. The van der Waals surface area contributed by atoms with Crippen molar-refractivity contribution in [1.29, 1.82) is 10.5 Å². The number of nitro groups is 1. The monoisotopic (exact) mass is 456 g/mol. The fourth-order valence-corrected chi connectivity index (χ4v) is 3.35. The molecule has 1 N–H and O–H groups in total. The standard InChI is InChI=1S/C21H12N8O3S/c22-8-15-5-6-17(7-16(15)9-23)32-21-19(29(30)31)20(25-12-26-21)24-10-13-1-3-14(4-2-13)18-11-33-28-27-18/h1-7,11-12H,10H2,(H,24,25,26). The number of rotatable bonds is 7. The van der Waals surface area contributed by atoms with Crippen LogP contribution in [0.4, 0.5) is 11.5 Å². The van der Waals surface area contributed by atoms with Gasteiger partial charge in [-0.15, -0.1) is 5.10 Å². The molecule has 0 aliphatic carbocycles. The first-order valence-electron chi connectivity index (χ1n) is 9.30. The molecule has 0 aliphatic rings. The Morgan fingerprint density at radius 1 is 1.09 bits per heavy atom. The number of ether oxygens (including phenoxy) is 1. The maximum atomic E-state index is 11.7. The summed E-state index contributed by atoms with van der Waals surface area (Å²) in [6.45, 7) is 0.266. The SMILES string of the molecule is N#Cc1ccc(Oc2ncnc(NCc3ccc(-c4csnn4)cc3)c2[N+](=O)[O-])cc1C#N. The van der Waals surface area contributed by atoms with Crippen LogP contribution in [-0.4, -0.2) is 24.5 Å². The Balaban J connectivity index is 1.55. The molecule has 2 heterocycles. The number of benzene rings is 2. The number of nitriles is 2. The molecule has 0 spiro atoms. The molecule has 4 rings (SSSR count). The molecule has 2 aromatic heterocycles. The second-order valence-electron chi connectivity index (χ2n) is 6.51. The quantitative estimate of drug-likeness (QED) is 0.317. The largest absolute Gasteiger partial charge is 0.433 e. The topological polar surface area (TPSA) is 164 Å². The van der Waals surface area contributed by atoms with Crippen molar-refractivity contribution in [1.82, 2.24) is 19.6 Å². The van der Waals surface area contributed by atoms with Crippen LogP contribution in [0.2, 0.25) is 0 Å². The van der Waals surface area contributed by atoms with E-state index in [0.29, 0.717) is 0 Å². The van der Waals surface area contributed by atoms with E-state index in [-0.39, 0.29) is 35.1 Å². The molecular formula is C21H12N8O3S. The maximum absolute atomic E-state index is 11.7. The van der Waals surface area contributed by atoms with Crippen LogP contribution in [-0.2, 0) is 6.54 Å². The van der Waals surface area contributed by atoms with Gasteiger partial charge in [0, 0.05) is 17.5 Å². The van der Waals surface area contributed by atoms with E-state index in [9.17, 15) is 10.1 Å². The summed E-state index contributed by atoms with van der Waals surface area (Å²) in [5.41, 5.74) is 2.35. The molecule has 0 saturated heterocycles. The van der Waals surface area contributed by atoms with Crippen LogP contribution in [0.25, 0.3) is 11.3 Å². The predicted molar refractivity (Wildman–Crippen MR) is 117 cm³/mol. The number of aromatic nitrogens is 4. The fourth-order valence-electron chi connectivity index (χ4n) is 2.89. The van der Waals surface area contributed by atoms with Crippen molar-refractivity contribution in [3.63, 3.8) is 0 Å². The number of nitrogens with zero attached hydrogens (tertiary/aromatic N) is 7. The first-order valence-corrected chi connectivity index (χ1v) is 10.1. The van der Waals surface area contributed by atoms with Crippen LogP contribution in [0.15, 0.2) is 54.2 Å². The maximum Gasteiger partial charge on any atom is 0.373 e. The van der Waals surface area contributed by atoms with Crippen LogP contribution in [0.1, 0.15) is 16.7 Å². The molecule has 11 nitrogen and oxygen atoms in total. The fraction of sp³-hybridized carbons (Fsp3) is 0.0476. The van der Waals surface area contributed by atoms with Gasteiger partial charge < -0.3 is 10.1 Å². The van der Waals surface area contributed by atoms with E-state index in [1.807, 2.05) is 41.8 Å². The van der Waals surface area contributed by atoms with E-state index < -0.39 is 10.6 Å². The van der Waals surface area contributed by atoms with Gasteiger partial charge in [0.25, 0.3) is 0 Å². The zero-order chi connectivity index (χ0) is 23.2. The highest BCUT2D eigenvalue weighted by Gasteiger charge is 2.25. The first kappa shape index (κ1) is 21.3. The number of nitrogens with one attached hydrogen (secondary N) is 1. The molecule has 0 saturated carbocycles. The van der Waals surface area contributed by atoms with Gasteiger partial charge in [0.05, 0.1) is 16.1 Å². The highest BCUT2D eigenvalue weighted by Crippen LogP contribution is 2.34. The first-order chi connectivity index (χ1) is 16.1. The zero-order valence-corrected chi connectivity index (χ0v) is 17.5. The number of hydrogen-bond donors (Lipinski definition) is 1. The Morgan fingerprint density at radius 3 is 2.55 bits per heavy atom. The lowest BCUT2D eigenvalue weighted by molar-refractivity contribution is -0.385. The summed E-state index contributed by atoms with van der Waals surface area (Å²) >= 11 is 1.26.